The molecule has 1 N–H and O–H groups in total. The van der Waals surface area contributed by atoms with Crippen LogP contribution in [-0.2, 0) is 26.2 Å². The number of hydrogen-bond acceptors (Lipinski definition) is 4. The van der Waals surface area contributed by atoms with Crippen LogP contribution in [0.2, 0.25) is 0 Å². The number of halogens is 2. The van der Waals surface area contributed by atoms with Crippen LogP contribution in [0, 0.1) is 11.6 Å². The van der Waals surface area contributed by atoms with Crippen LogP contribution in [0.3, 0.4) is 0 Å². The van der Waals surface area contributed by atoms with Crippen molar-refractivity contribution in [1.29, 1.82) is 0 Å². The summed E-state index contributed by atoms with van der Waals surface area (Å²) in [5, 5.41) is 2.88. The predicted molar refractivity (Wildman–Crippen MR) is 146 cm³/mol. The molecule has 39 heavy (non-hydrogen) atoms. The second kappa shape index (κ2) is 13.3. The van der Waals surface area contributed by atoms with Crippen LogP contribution in [-0.4, -0.2) is 43.8 Å². The lowest BCUT2D eigenvalue weighted by molar-refractivity contribution is -0.140. The molecule has 0 saturated carbocycles. The molecule has 0 heterocycles. The van der Waals surface area contributed by atoms with Crippen LogP contribution in [0.25, 0.3) is 0 Å². The maximum absolute atomic E-state index is 14.9. The Kier molecular flexibility index (Phi) is 10.2. The van der Waals surface area contributed by atoms with Crippen molar-refractivity contribution < 1.29 is 26.8 Å². The van der Waals surface area contributed by atoms with E-state index in [4.69, 9.17) is 0 Å². The van der Waals surface area contributed by atoms with Gasteiger partial charge in [0, 0.05) is 12.6 Å². The quantitative estimate of drug-likeness (QED) is 0.344. The highest BCUT2D eigenvalue weighted by molar-refractivity contribution is 7.92. The van der Waals surface area contributed by atoms with E-state index in [0.717, 1.165) is 10.4 Å². The van der Waals surface area contributed by atoms with Crippen molar-refractivity contribution in [3.05, 3.63) is 96.1 Å². The fourth-order valence-corrected chi connectivity index (χ4v) is 5.48. The first-order valence-electron chi connectivity index (χ1n) is 12.7. The third-order valence-electron chi connectivity index (χ3n) is 6.38. The third kappa shape index (κ3) is 7.41. The zero-order chi connectivity index (χ0) is 28.6. The van der Waals surface area contributed by atoms with Crippen molar-refractivity contribution in [1.82, 2.24) is 10.2 Å². The Hall–Kier alpha value is -3.79. The fraction of sp³-hybridized carbons (Fsp3) is 0.310. The van der Waals surface area contributed by atoms with Gasteiger partial charge in [-0.3, -0.25) is 13.9 Å². The van der Waals surface area contributed by atoms with Gasteiger partial charge in [0.25, 0.3) is 10.0 Å². The van der Waals surface area contributed by atoms with Crippen molar-refractivity contribution in [3.63, 3.8) is 0 Å². The molecular weight excluding hydrogens is 524 g/mol. The molecule has 0 saturated heterocycles. The smallest absolute Gasteiger partial charge is 0.264 e. The highest BCUT2D eigenvalue weighted by Gasteiger charge is 2.34. The van der Waals surface area contributed by atoms with Crippen molar-refractivity contribution >= 4 is 27.5 Å². The number of amides is 2. The molecule has 3 aromatic rings. The standard InChI is InChI=1S/C29H33F2N3O4S/c1-4-21(3)32-29(36)26(5-2)33(19-22-15-17-23(30)18-16-22)28(35)20-34(27-14-10-9-13-25(27)31)39(37,38)24-11-7-6-8-12-24/h6-18,21,26H,4-5,19-20H2,1-3H3,(H,32,36)/t21-,26+/m0/s1. The largest absolute Gasteiger partial charge is 0.352 e. The number of sulfonamides is 1. The molecule has 0 aliphatic carbocycles. The molecule has 0 bridgehead atoms. The third-order valence-corrected chi connectivity index (χ3v) is 8.16. The van der Waals surface area contributed by atoms with Gasteiger partial charge in [-0.25, -0.2) is 17.2 Å². The molecule has 208 valence electrons. The first-order chi connectivity index (χ1) is 18.6. The second-order valence-electron chi connectivity index (χ2n) is 9.17. The maximum Gasteiger partial charge on any atom is 0.264 e. The van der Waals surface area contributed by atoms with Crippen LogP contribution in [0.1, 0.15) is 39.2 Å². The van der Waals surface area contributed by atoms with E-state index in [1.165, 1.54) is 71.6 Å². The molecule has 0 aliphatic rings. The Morgan fingerprint density at radius 1 is 0.872 bits per heavy atom. The van der Waals surface area contributed by atoms with Gasteiger partial charge in [0.1, 0.15) is 24.2 Å². The minimum atomic E-state index is -4.36. The molecule has 0 radical (unpaired) electrons. The molecule has 2 amide bonds. The minimum Gasteiger partial charge on any atom is -0.352 e. The monoisotopic (exact) mass is 557 g/mol. The van der Waals surface area contributed by atoms with Gasteiger partial charge in [0.05, 0.1) is 10.6 Å². The Bertz CT molecular complexity index is 1370. The summed E-state index contributed by atoms with van der Waals surface area (Å²) < 4.78 is 56.5. The van der Waals surface area contributed by atoms with E-state index in [1.54, 1.807) is 13.0 Å². The number of anilines is 1. The molecule has 3 aromatic carbocycles. The Labute approximate surface area is 228 Å². The molecular formula is C29H33F2N3O4S. The average Bonchev–Trinajstić information content (AvgIpc) is 2.93. The van der Waals surface area contributed by atoms with Crippen LogP contribution < -0.4 is 9.62 Å². The lowest BCUT2D eigenvalue weighted by Gasteiger charge is -2.33. The number of carbonyl (C=O) groups is 2. The van der Waals surface area contributed by atoms with Gasteiger partial charge < -0.3 is 10.2 Å². The zero-order valence-corrected chi connectivity index (χ0v) is 23.0. The van der Waals surface area contributed by atoms with E-state index in [0.29, 0.717) is 12.0 Å². The first-order valence-corrected chi connectivity index (χ1v) is 14.2. The van der Waals surface area contributed by atoms with Crippen LogP contribution in [0.4, 0.5) is 14.5 Å². The topological polar surface area (TPSA) is 86.8 Å². The van der Waals surface area contributed by atoms with Gasteiger partial charge in [0.15, 0.2) is 0 Å². The summed E-state index contributed by atoms with van der Waals surface area (Å²) in [5.74, 6) is -2.40. The van der Waals surface area contributed by atoms with E-state index in [2.05, 4.69) is 5.32 Å². The number of nitrogens with one attached hydrogen (secondary N) is 1. The maximum atomic E-state index is 14.9. The van der Waals surface area contributed by atoms with Crippen LogP contribution in [0.15, 0.2) is 83.8 Å². The highest BCUT2D eigenvalue weighted by Crippen LogP contribution is 2.27. The highest BCUT2D eigenvalue weighted by atomic mass is 32.2. The summed E-state index contributed by atoms with van der Waals surface area (Å²) >= 11 is 0. The summed E-state index contributed by atoms with van der Waals surface area (Å²) in [6.45, 7) is 4.65. The van der Waals surface area contributed by atoms with Crippen molar-refractivity contribution in [2.75, 3.05) is 10.8 Å². The number of carbonyl (C=O) groups excluding carboxylic acids is 2. The van der Waals surface area contributed by atoms with E-state index in [9.17, 15) is 26.8 Å². The van der Waals surface area contributed by atoms with Gasteiger partial charge in [-0.05, 0) is 61.7 Å². The van der Waals surface area contributed by atoms with E-state index < -0.39 is 46.1 Å². The summed E-state index contributed by atoms with van der Waals surface area (Å²) in [4.78, 5) is 28.2. The average molecular weight is 558 g/mol. The molecule has 3 rings (SSSR count). The lowest BCUT2D eigenvalue weighted by Crippen LogP contribution is -2.53. The number of hydrogen-bond donors (Lipinski definition) is 1. The number of nitrogens with zero attached hydrogens (tertiary/aromatic N) is 2. The van der Waals surface area contributed by atoms with Gasteiger partial charge in [-0.15, -0.1) is 0 Å². The van der Waals surface area contributed by atoms with Crippen LogP contribution >= 0.6 is 0 Å². The summed E-state index contributed by atoms with van der Waals surface area (Å²) in [7, 11) is -4.36. The molecule has 2 atom stereocenters. The normalized spacial score (nSPS) is 12.8. The van der Waals surface area contributed by atoms with Gasteiger partial charge in [0.2, 0.25) is 11.8 Å². The number of rotatable bonds is 12. The molecule has 0 aromatic heterocycles. The van der Waals surface area contributed by atoms with Crippen molar-refractivity contribution in [2.45, 2.75) is 57.1 Å². The first kappa shape index (κ1) is 29.8. The molecule has 0 spiro atoms. The SMILES string of the molecule is CC[C@H](C(=O)N[C@@H](C)CC)N(Cc1ccc(F)cc1)C(=O)CN(c1ccccc1F)S(=O)(=O)c1ccccc1. The second-order valence-corrected chi connectivity index (χ2v) is 11.0. The lowest BCUT2D eigenvalue weighted by atomic mass is 10.1. The van der Waals surface area contributed by atoms with Gasteiger partial charge in [-0.1, -0.05) is 56.3 Å². The van der Waals surface area contributed by atoms with E-state index in [1.807, 2.05) is 13.8 Å². The van der Waals surface area contributed by atoms with E-state index in [-0.39, 0.29) is 29.6 Å². The number of benzene rings is 3. The minimum absolute atomic E-state index is 0.0813. The Balaban J connectivity index is 2.05. The summed E-state index contributed by atoms with van der Waals surface area (Å²) in [6.07, 6.45) is 0.908. The zero-order valence-electron chi connectivity index (χ0n) is 22.2. The predicted octanol–water partition coefficient (Wildman–Crippen LogP) is 4.88. The Morgan fingerprint density at radius 2 is 1.49 bits per heavy atom. The van der Waals surface area contributed by atoms with Crippen molar-refractivity contribution in [3.8, 4) is 0 Å². The van der Waals surface area contributed by atoms with Crippen molar-refractivity contribution in [2.24, 2.45) is 0 Å². The van der Waals surface area contributed by atoms with E-state index >= 15 is 0 Å². The fourth-order valence-electron chi connectivity index (χ4n) is 4.03. The molecule has 0 fully saturated rings. The Morgan fingerprint density at radius 3 is 2.08 bits per heavy atom. The molecule has 0 aliphatic heterocycles. The number of para-hydroxylation sites is 1. The summed E-state index contributed by atoms with van der Waals surface area (Å²) in [6, 6.07) is 17.1. The molecule has 0 unspecified atom stereocenters. The van der Waals surface area contributed by atoms with Crippen LogP contribution in [0.5, 0.6) is 0 Å². The molecule has 7 nitrogen and oxygen atoms in total. The molecule has 10 heteroatoms. The summed E-state index contributed by atoms with van der Waals surface area (Å²) in [5.41, 5.74) is 0.247. The van der Waals surface area contributed by atoms with Gasteiger partial charge >= 0.3 is 0 Å². The van der Waals surface area contributed by atoms with Gasteiger partial charge in [-0.2, -0.15) is 0 Å².